The molecule has 0 spiro atoms. The average molecular weight is 633 g/mol. The first kappa shape index (κ1) is 31.6. The summed E-state index contributed by atoms with van der Waals surface area (Å²) < 4.78 is 7.98. The highest BCUT2D eigenvalue weighted by molar-refractivity contribution is 5.78. The van der Waals surface area contributed by atoms with Crippen LogP contribution < -0.4 is 26.8 Å². The lowest BCUT2D eigenvalue weighted by molar-refractivity contribution is -0.136. The molecule has 0 unspecified atom stereocenters. The van der Waals surface area contributed by atoms with Gasteiger partial charge in [0.1, 0.15) is 0 Å². The Balaban J connectivity index is 0.955. The second-order valence-corrected chi connectivity index (χ2v) is 14.5. The van der Waals surface area contributed by atoms with Crippen LogP contribution in [0, 0.1) is 5.92 Å². The van der Waals surface area contributed by atoms with Crippen molar-refractivity contribution in [2.75, 3.05) is 64.7 Å². The maximum absolute atomic E-state index is 13.8. The van der Waals surface area contributed by atoms with Crippen molar-refractivity contribution in [1.29, 1.82) is 0 Å². The number of nitrogens with two attached hydrogens (primary N) is 1. The zero-order valence-electron chi connectivity index (χ0n) is 27.5. The predicted molar refractivity (Wildman–Crippen MR) is 180 cm³/mol. The second-order valence-electron chi connectivity index (χ2n) is 14.5. The van der Waals surface area contributed by atoms with Crippen molar-refractivity contribution in [3.05, 3.63) is 40.4 Å². The summed E-state index contributed by atoms with van der Waals surface area (Å²) in [7, 11) is 2.20. The summed E-state index contributed by atoms with van der Waals surface area (Å²) in [6.07, 6.45) is 11.9. The van der Waals surface area contributed by atoms with Crippen molar-refractivity contribution >= 4 is 17.4 Å². The van der Waals surface area contributed by atoms with Gasteiger partial charge in [-0.3, -0.25) is 14.3 Å². The molecule has 1 saturated carbocycles. The SMILES string of the molecule is CN1CCC(CN(C(=O)CN2CCC(c3ccc4c(c3)Nc3nc(=O)n(C5CCC(N)CC5)cc3O4)CC2)C2CCNCC2)CC1. The number of nitrogens with one attached hydrogen (secondary N) is 2. The van der Waals surface area contributed by atoms with Crippen LogP contribution in [0.5, 0.6) is 11.5 Å². The van der Waals surface area contributed by atoms with Crippen LogP contribution in [0.1, 0.15) is 81.7 Å². The van der Waals surface area contributed by atoms with Gasteiger partial charge in [0.05, 0.1) is 18.4 Å². The zero-order valence-corrected chi connectivity index (χ0v) is 27.5. The van der Waals surface area contributed by atoms with Gasteiger partial charge >= 0.3 is 5.69 Å². The first-order chi connectivity index (χ1) is 22.4. The average Bonchev–Trinajstić information content (AvgIpc) is 3.08. The van der Waals surface area contributed by atoms with Gasteiger partial charge < -0.3 is 30.9 Å². The van der Waals surface area contributed by atoms with Gasteiger partial charge in [-0.05, 0) is 140 Å². The van der Waals surface area contributed by atoms with Crippen molar-refractivity contribution in [3.63, 3.8) is 0 Å². The molecule has 1 aromatic heterocycles. The van der Waals surface area contributed by atoms with E-state index in [2.05, 4.69) is 49.5 Å². The van der Waals surface area contributed by atoms with Gasteiger partial charge in [0.2, 0.25) is 5.91 Å². The lowest BCUT2D eigenvalue weighted by atomic mass is 9.89. The minimum atomic E-state index is -0.248. The van der Waals surface area contributed by atoms with E-state index in [1.807, 2.05) is 12.3 Å². The fraction of sp³-hybridized carbons (Fsp3) is 0.686. The third-order valence-electron chi connectivity index (χ3n) is 11.3. The molecule has 1 aromatic carbocycles. The number of likely N-dealkylation sites (tertiary alicyclic amines) is 2. The standard InChI is InChI=1S/C35H52N8O3/c1-40-16-10-24(11-17-40)21-42(29-8-14-37-15-9-29)33(44)23-41-18-12-25(13-19-41)26-2-7-31-30(20-26)38-34-32(46-31)22-43(35(45)39-34)28-5-3-27(36)4-6-28/h2,7,20,22,24-25,27-29,37H,3-6,8-19,21,23,36H2,1H3,(H,38,39,45). The number of carbonyl (C=O) groups is 1. The number of rotatable bonds is 7. The van der Waals surface area contributed by atoms with Gasteiger partial charge in [0.25, 0.3) is 0 Å². The van der Waals surface area contributed by atoms with E-state index in [9.17, 15) is 9.59 Å². The molecule has 0 atom stereocenters. The normalized spacial score (nSPS) is 25.3. The summed E-state index contributed by atoms with van der Waals surface area (Å²) in [6.45, 7) is 7.55. The number of nitrogens with zero attached hydrogens (tertiary/aromatic N) is 5. The van der Waals surface area contributed by atoms with E-state index in [-0.39, 0.29) is 17.8 Å². The summed E-state index contributed by atoms with van der Waals surface area (Å²) >= 11 is 0. The van der Waals surface area contributed by atoms with Crippen molar-refractivity contribution < 1.29 is 9.53 Å². The molecule has 11 nitrogen and oxygen atoms in total. The van der Waals surface area contributed by atoms with Gasteiger partial charge in [-0.2, -0.15) is 4.98 Å². The van der Waals surface area contributed by atoms with E-state index in [4.69, 9.17) is 10.5 Å². The Morgan fingerprint density at radius 3 is 2.46 bits per heavy atom. The van der Waals surface area contributed by atoms with Crippen molar-refractivity contribution in [2.24, 2.45) is 11.7 Å². The molecule has 7 rings (SSSR count). The number of anilines is 2. The molecule has 0 bridgehead atoms. The highest BCUT2D eigenvalue weighted by Crippen LogP contribution is 2.43. The highest BCUT2D eigenvalue weighted by Gasteiger charge is 2.32. The second kappa shape index (κ2) is 14.0. The van der Waals surface area contributed by atoms with E-state index in [1.54, 1.807) is 4.57 Å². The largest absolute Gasteiger partial charge is 0.450 e. The maximum Gasteiger partial charge on any atom is 0.350 e. The van der Waals surface area contributed by atoms with Gasteiger partial charge in [0.15, 0.2) is 17.3 Å². The van der Waals surface area contributed by atoms with Crippen LogP contribution in [-0.4, -0.2) is 102 Å². The van der Waals surface area contributed by atoms with Crippen LogP contribution in [0.25, 0.3) is 0 Å². The van der Waals surface area contributed by atoms with Gasteiger partial charge in [-0.25, -0.2) is 4.79 Å². The number of ether oxygens (including phenoxy) is 1. The van der Waals surface area contributed by atoms with Crippen LogP contribution in [0.15, 0.2) is 29.2 Å². The number of carbonyl (C=O) groups excluding carboxylic acids is 1. The van der Waals surface area contributed by atoms with Crippen LogP contribution in [-0.2, 0) is 4.79 Å². The molecule has 3 saturated heterocycles. The topological polar surface area (TPSA) is 121 Å². The van der Waals surface area contributed by atoms with Crippen molar-refractivity contribution in [3.8, 4) is 11.5 Å². The molecule has 0 radical (unpaired) electrons. The monoisotopic (exact) mass is 632 g/mol. The van der Waals surface area contributed by atoms with Crippen LogP contribution >= 0.6 is 0 Å². The minimum Gasteiger partial charge on any atom is -0.450 e. The summed E-state index contributed by atoms with van der Waals surface area (Å²) in [6, 6.07) is 7.06. The molecule has 4 aliphatic heterocycles. The van der Waals surface area contributed by atoms with Gasteiger partial charge in [-0.15, -0.1) is 0 Å². The predicted octanol–water partition coefficient (Wildman–Crippen LogP) is 3.64. The summed E-state index contributed by atoms with van der Waals surface area (Å²) in [4.78, 5) is 38.2. The molecule has 11 heteroatoms. The molecular weight excluding hydrogens is 580 g/mol. The molecule has 4 fully saturated rings. The van der Waals surface area contributed by atoms with Crippen LogP contribution in [0.4, 0.5) is 11.5 Å². The molecule has 5 heterocycles. The fourth-order valence-corrected chi connectivity index (χ4v) is 8.29. The third kappa shape index (κ3) is 7.12. The molecular formula is C35H52N8O3. The number of amides is 1. The number of hydrogen-bond donors (Lipinski definition) is 3. The lowest BCUT2D eigenvalue weighted by Gasteiger charge is -2.40. The molecule has 46 heavy (non-hydrogen) atoms. The number of hydrogen-bond acceptors (Lipinski definition) is 9. The van der Waals surface area contributed by atoms with E-state index in [0.29, 0.717) is 41.9 Å². The van der Waals surface area contributed by atoms with E-state index >= 15 is 0 Å². The van der Waals surface area contributed by atoms with Gasteiger partial charge in [-0.1, -0.05) is 6.07 Å². The summed E-state index contributed by atoms with van der Waals surface area (Å²) in [5.41, 5.74) is 7.94. The van der Waals surface area contributed by atoms with E-state index in [0.717, 1.165) is 109 Å². The minimum absolute atomic E-state index is 0.116. The van der Waals surface area contributed by atoms with E-state index in [1.165, 1.54) is 18.4 Å². The molecule has 1 amide bonds. The first-order valence-electron chi connectivity index (χ1n) is 17.8. The Labute approximate surface area is 272 Å². The fourth-order valence-electron chi connectivity index (χ4n) is 8.29. The quantitative estimate of drug-likeness (QED) is 0.359. The third-order valence-corrected chi connectivity index (χ3v) is 11.3. The molecule has 2 aromatic rings. The summed E-state index contributed by atoms with van der Waals surface area (Å²) in [5.74, 6) is 3.16. The number of piperidine rings is 3. The van der Waals surface area contributed by atoms with Gasteiger partial charge in [0, 0.05) is 24.7 Å². The molecule has 4 N–H and O–H groups in total. The Hall–Kier alpha value is -2.99. The Kier molecular flexibility index (Phi) is 9.63. The summed E-state index contributed by atoms with van der Waals surface area (Å²) in [5, 5.41) is 6.85. The van der Waals surface area contributed by atoms with Crippen LogP contribution in [0.2, 0.25) is 0 Å². The zero-order chi connectivity index (χ0) is 31.6. The molecule has 5 aliphatic rings. The van der Waals surface area contributed by atoms with Crippen LogP contribution in [0.3, 0.4) is 0 Å². The molecule has 250 valence electrons. The first-order valence-corrected chi connectivity index (χ1v) is 17.8. The maximum atomic E-state index is 13.8. The number of benzene rings is 1. The highest BCUT2D eigenvalue weighted by atomic mass is 16.5. The van der Waals surface area contributed by atoms with Crippen molar-refractivity contribution in [2.45, 2.75) is 88.3 Å². The van der Waals surface area contributed by atoms with E-state index < -0.39 is 0 Å². The Morgan fingerprint density at radius 2 is 1.72 bits per heavy atom. The Bertz CT molecular complexity index is 1420. The lowest BCUT2D eigenvalue weighted by Crippen LogP contribution is -2.52. The molecule has 1 aliphatic carbocycles. The number of fused-ring (bicyclic) bond motifs is 2. The van der Waals surface area contributed by atoms with Crippen molar-refractivity contribution in [1.82, 2.24) is 29.6 Å². The number of aromatic nitrogens is 2. The smallest absolute Gasteiger partial charge is 0.350 e. The Morgan fingerprint density at radius 1 is 0.978 bits per heavy atom.